The summed E-state index contributed by atoms with van der Waals surface area (Å²) >= 11 is 0. The predicted octanol–water partition coefficient (Wildman–Crippen LogP) is 25.2. The SMILES string of the molecule is CC/C=C\C/C=C\C/C=C\C/C=C\C/C=C\C/C=C\C/C=C\C/C=C\C/C=C\CCCCCCCCCCCC(=O)OCC(COP(=O)(O)OCCN)OC(=O)CCCCCCCCCCC/C=C\C/C=C\C/C=C\C/C=C\C/C=C\C/C=C\C/C=C\C/C=C\C/C=C\CC. The van der Waals surface area contributed by atoms with E-state index in [1.54, 1.807) is 0 Å². The van der Waals surface area contributed by atoms with E-state index in [1.165, 1.54) is 64.2 Å². The summed E-state index contributed by atoms with van der Waals surface area (Å²) in [4.78, 5) is 35.4. The van der Waals surface area contributed by atoms with Crippen molar-refractivity contribution in [3.63, 3.8) is 0 Å². The van der Waals surface area contributed by atoms with Crippen molar-refractivity contribution in [2.45, 2.75) is 277 Å². The Kier molecular flexibility index (Phi) is 72.7. The first-order chi connectivity index (χ1) is 46.8. The first-order valence-corrected chi connectivity index (χ1v) is 38.7. The Morgan fingerprint density at radius 1 is 0.316 bits per heavy atom. The number of phosphoric acid groups is 1. The Balaban J connectivity index is 4.00. The fourth-order valence-corrected chi connectivity index (χ4v) is 10.2. The second-order valence-electron chi connectivity index (χ2n) is 23.7. The average molecular weight is 1330 g/mol. The summed E-state index contributed by atoms with van der Waals surface area (Å²) in [5, 5.41) is 0. The molecule has 0 saturated heterocycles. The van der Waals surface area contributed by atoms with Crippen molar-refractivity contribution in [3.05, 3.63) is 219 Å². The molecule has 2 unspecified atom stereocenters. The van der Waals surface area contributed by atoms with Gasteiger partial charge in [0, 0.05) is 19.4 Å². The number of rotatable bonds is 67. The van der Waals surface area contributed by atoms with Crippen LogP contribution in [0, 0.1) is 0 Å². The molecule has 0 amide bonds. The monoisotopic (exact) mass is 1330 g/mol. The molecule has 9 nitrogen and oxygen atoms in total. The number of allylic oxidation sites excluding steroid dienone is 36. The van der Waals surface area contributed by atoms with Crippen LogP contribution in [0.15, 0.2) is 219 Å². The van der Waals surface area contributed by atoms with Crippen molar-refractivity contribution in [1.29, 1.82) is 0 Å². The number of carbonyl (C=O) groups is 2. The van der Waals surface area contributed by atoms with Crippen molar-refractivity contribution < 1.29 is 37.6 Å². The quantitative estimate of drug-likeness (QED) is 0.0264. The minimum absolute atomic E-state index is 0.0406. The Bertz CT molecular complexity index is 2370. The maximum Gasteiger partial charge on any atom is 0.472 e. The van der Waals surface area contributed by atoms with Gasteiger partial charge >= 0.3 is 19.8 Å². The normalized spacial score (nSPS) is 14.2. The van der Waals surface area contributed by atoms with Gasteiger partial charge < -0.3 is 20.1 Å². The lowest BCUT2D eigenvalue weighted by molar-refractivity contribution is -0.161. The maximum absolute atomic E-state index is 12.8. The highest BCUT2D eigenvalue weighted by Gasteiger charge is 2.26. The zero-order valence-electron chi connectivity index (χ0n) is 59.8. The first-order valence-electron chi connectivity index (χ1n) is 37.2. The van der Waals surface area contributed by atoms with Crippen LogP contribution in [0.25, 0.3) is 0 Å². The molecular formula is C85H134NO8P. The van der Waals surface area contributed by atoms with E-state index < -0.39 is 32.5 Å². The minimum atomic E-state index is -4.41. The summed E-state index contributed by atoms with van der Waals surface area (Å²) < 4.78 is 33.2. The summed E-state index contributed by atoms with van der Waals surface area (Å²) in [6, 6.07) is 0. The van der Waals surface area contributed by atoms with Crippen LogP contribution in [0.4, 0.5) is 0 Å². The highest BCUT2D eigenvalue weighted by atomic mass is 31.2. The zero-order valence-corrected chi connectivity index (χ0v) is 60.7. The Hall–Kier alpha value is -5.67. The second-order valence-corrected chi connectivity index (χ2v) is 25.1. The summed E-state index contributed by atoms with van der Waals surface area (Å²) in [5.41, 5.74) is 5.41. The van der Waals surface area contributed by atoms with Gasteiger partial charge in [-0.05, 0) is 154 Å². The summed E-state index contributed by atoms with van der Waals surface area (Å²) in [6.45, 7) is 3.48. The third-order valence-corrected chi connectivity index (χ3v) is 15.8. The highest BCUT2D eigenvalue weighted by Crippen LogP contribution is 2.43. The molecule has 0 aromatic rings. The van der Waals surface area contributed by atoms with Crippen LogP contribution in [0.2, 0.25) is 0 Å². The van der Waals surface area contributed by atoms with Crippen molar-refractivity contribution >= 4 is 19.8 Å². The predicted molar refractivity (Wildman–Crippen MR) is 412 cm³/mol. The fraction of sp³-hybridized carbons (Fsp3) is 0.553. The molecule has 0 aromatic carbocycles. The van der Waals surface area contributed by atoms with Gasteiger partial charge in [-0.25, -0.2) is 4.57 Å². The molecular weight excluding hydrogens is 1190 g/mol. The molecule has 95 heavy (non-hydrogen) atoms. The molecule has 0 saturated carbocycles. The average Bonchev–Trinajstić information content (AvgIpc) is 1.55. The number of hydrogen-bond acceptors (Lipinski definition) is 8. The fourth-order valence-electron chi connectivity index (χ4n) is 9.44. The van der Waals surface area contributed by atoms with Crippen LogP contribution >= 0.6 is 7.82 Å². The Morgan fingerprint density at radius 3 is 0.811 bits per heavy atom. The summed E-state index contributed by atoms with van der Waals surface area (Å²) in [6.07, 6.45) is 120. The summed E-state index contributed by atoms with van der Waals surface area (Å²) in [7, 11) is -4.41. The highest BCUT2D eigenvalue weighted by molar-refractivity contribution is 7.47. The molecule has 0 aliphatic carbocycles. The molecule has 0 spiro atoms. The van der Waals surface area contributed by atoms with Crippen molar-refractivity contribution in [1.82, 2.24) is 0 Å². The molecule has 0 bridgehead atoms. The third-order valence-electron chi connectivity index (χ3n) is 14.9. The van der Waals surface area contributed by atoms with E-state index in [0.29, 0.717) is 12.8 Å². The summed E-state index contributed by atoms with van der Waals surface area (Å²) in [5.74, 6) is -0.855. The Labute approximate surface area is 581 Å². The van der Waals surface area contributed by atoms with E-state index in [1.807, 2.05) is 0 Å². The van der Waals surface area contributed by atoms with Gasteiger partial charge in [0.15, 0.2) is 6.10 Å². The number of nitrogens with two attached hydrogens (primary N) is 1. The van der Waals surface area contributed by atoms with Gasteiger partial charge in [-0.3, -0.25) is 18.6 Å². The van der Waals surface area contributed by atoms with Crippen LogP contribution in [-0.4, -0.2) is 49.3 Å². The first kappa shape index (κ1) is 89.3. The van der Waals surface area contributed by atoms with Crippen LogP contribution in [-0.2, 0) is 32.7 Å². The van der Waals surface area contributed by atoms with E-state index in [2.05, 4.69) is 233 Å². The number of carbonyl (C=O) groups excluding carboxylic acids is 2. The van der Waals surface area contributed by atoms with Crippen LogP contribution in [0.5, 0.6) is 0 Å². The van der Waals surface area contributed by atoms with Crippen molar-refractivity contribution in [2.24, 2.45) is 5.73 Å². The van der Waals surface area contributed by atoms with E-state index in [4.69, 9.17) is 24.3 Å². The number of ether oxygens (including phenoxy) is 2. The second kappa shape index (κ2) is 77.3. The molecule has 10 heteroatoms. The minimum Gasteiger partial charge on any atom is -0.462 e. The van der Waals surface area contributed by atoms with E-state index in [0.717, 1.165) is 167 Å². The number of unbranched alkanes of at least 4 members (excludes halogenated alkanes) is 18. The van der Waals surface area contributed by atoms with Gasteiger partial charge in [0.25, 0.3) is 0 Å². The molecule has 0 heterocycles. The van der Waals surface area contributed by atoms with Crippen molar-refractivity contribution in [3.8, 4) is 0 Å². The maximum atomic E-state index is 12.8. The molecule has 0 fully saturated rings. The van der Waals surface area contributed by atoms with E-state index in [-0.39, 0.29) is 32.6 Å². The van der Waals surface area contributed by atoms with E-state index in [9.17, 15) is 19.0 Å². The van der Waals surface area contributed by atoms with Gasteiger partial charge in [-0.15, -0.1) is 0 Å². The molecule has 0 rings (SSSR count). The van der Waals surface area contributed by atoms with Crippen molar-refractivity contribution in [2.75, 3.05) is 26.4 Å². The Morgan fingerprint density at radius 2 is 0.547 bits per heavy atom. The van der Waals surface area contributed by atoms with Crippen LogP contribution < -0.4 is 5.73 Å². The molecule has 0 aliphatic heterocycles. The molecule has 532 valence electrons. The zero-order chi connectivity index (χ0) is 68.6. The molecule has 0 aromatic heterocycles. The van der Waals surface area contributed by atoms with Gasteiger partial charge in [0.2, 0.25) is 0 Å². The van der Waals surface area contributed by atoms with Gasteiger partial charge in [-0.2, -0.15) is 0 Å². The van der Waals surface area contributed by atoms with Crippen LogP contribution in [0.3, 0.4) is 0 Å². The third kappa shape index (κ3) is 77.2. The van der Waals surface area contributed by atoms with Crippen LogP contribution in [0.1, 0.15) is 271 Å². The topological polar surface area (TPSA) is 134 Å². The number of esters is 2. The lowest BCUT2D eigenvalue weighted by Crippen LogP contribution is -2.29. The van der Waals surface area contributed by atoms with Gasteiger partial charge in [-0.1, -0.05) is 322 Å². The number of phosphoric ester groups is 1. The number of hydrogen-bond donors (Lipinski definition) is 2. The standard InChI is InChI=1S/C85H134NO8P/c1-3-5-7-9-11-13-15-17-19-21-23-25-27-29-31-33-35-37-39-41-43-45-47-49-51-53-55-57-59-61-63-65-67-69-71-73-75-77-84(87)91-81-83(82-93-95(89,90)92-80-79-86)94-85(88)78-76-74-72-70-68-66-64-62-60-58-56-54-52-50-48-46-44-42-40-38-36-34-32-30-28-26-24-22-20-18-16-14-12-10-8-6-4-2/h5-8,11-14,17-20,23-26,29-32,35-38,41-44,47-50,53-56,83H,3-4,9-10,15-16,21-22,27-28,33-34,39-40,45-46,51-52,57-82,86H2,1-2H3,(H,89,90)/b7-5-,8-6-,13-11-,14-12-,19-17-,20-18-,25-23-,26-24-,31-29-,32-30-,37-35-,38-36-,43-41-,44-42-,49-47-,50-48-,55-53-,56-54-. The largest absolute Gasteiger partial charge is 0.472 e. The van der Waals surface area contributed by atoms with E-state index >= 15 is 0 Å². The lowest BCUT2D eigenvalue weighted by Gasteiger charge is -2.19. The lowest BCUT2D eigenvalue weighted by atomic mass is 10.1. The molecule has 0 aliphatic rings. The smallest absolute Gasteiger partial charge is 0.462 e. The molecule has 3 N–H and O–H groups in total. The van der Waals surface area contributed by atoms with Gasteiger partial charge in [0.1, 0.15) is 6.61 Å². The van der Waals surface area contributed by atoms with Gasteiger partial charge in [0.05, 0.1) is 13.2 Å². The molecule has 0 radical (unpaired) electrons. The molecule has 2 atom stereocenters.